The molecule has 1 rings (SSSR count). The molecule has 0 saturated heterocycles. The number of carbonyl (C=O) groups excluding carboxylic acids is 1. The number of benzene rings is 1. The van der Waals surface area contributed by atoms with Gasteiger partial charge in [-0.15, -0.1) is 11.6 Å². The van der Waals surface area contributed by atoms with Crippen LogP contribution in [0.3, 0.4) is 0 Å². The molecule has 0 heterocycles. The van der Waals surface area contributed by atoms with E-state index < -0.39 is 0 Å². The average molecular weight is 211 g/mol. The van der Waals surface area contributed by atoms with E-state index >= 15 is 0 Å². The first-order valence-corrected chi connectivity index (χ1v) is 5.46. The minimum absolute atomic E-state index is 0.187. The monoisotopic (exact) mass is 210 g/mol. The van der Waals surface area contributed by atoms with Gasteiger partial charge in [-0.05, 0) is 29.7 Å². The Morgan fingerprint density at radius 3 is 2.36 bits per heavy atom. The van der Waals surface area contributed by atoms with Gasteiger partial charge in [-0.1, -0.05) is 19.9 Å². The summed E-state index contributed by atoms with van der Waals surface area (Å²) in [5, 5.41) is 0. The predicted octanol–water partition coefficient (Wildman–Crippen LogP) is 3.58. The first kappa shape index (κ1) is 11.3. The van der Waals surface area contributed by atoms with Crippen LogP contribution in [0.1, 0.15) is 41.8 Å². The van der Waals surface area contributed by atoms with Crippen LogP contribution in [-0.2, 0) is 12.3 Å². The summed E-state index contributed by atoms with van der Waals surface area (Å²) in [5.74, 6) is 0.657. The molecule has 0 radical (unpaired) electrons. The van der Waals surface area contributed by atoms with E-state index in [2.05, 4.69) is 13.0 Å². The van der Waals surface area contributed by atoms with Crippen LogP contribution in [0.25, 0.3) is 0 Å². The van der Waals surface area contributed by atoms with E-state index in [0.717, 1.165) is 17.5 Å². The standard InChI is InChI=1S/C12H15ClO/c1-3-9-5-10(8-13)7-11(6-9)12(14)4-2/h5-7H,3-4,8H2,1-2H3. The topological polar surface area (TPSA) is 17.1 Å². The van der Waals surface area contributed by atoms with E-state index in [9.17, 15) is 4.79 Å². The van der Waals surface area contributed by atoms with Gasteiger partial charge in [-0.3, -0.25) is 4.79 Å². The molecular formula is C12H15ClO. The summed E-state index contributed by atoms with van der Waals surface area (Å²) in [5.41, 5.74) is 3.00. The van der Waals surface area contributed by atoms with E-state index in [1.54, 1.807) is 0 Å². The van der Waals surface area contributed by atoms with Crippen molar-refractivity contribution in [2.45, 2.75) is 32.6 Å². The third kappa shape index (κ3) is 2.58. The lowest BCUT2D eigenvalue weighted by molar-refractivity contribution is 0.0988. The fourth-order valence-corrected chi connectivity index (χ4v) is 1.56. The fourth-order valence-electron chi connectivity index (χ4n) is 1.41. The maximum absolute atomic E-state index is 11.5. The van der Waals surface area contributed by atoms with Gasteiger partial charge < -0.3 is 0 Å². The summed E-state index contributed by atoms with van der Waals surface area (Å²) in [4.78, 5) is 11.5. The number of hydrogen-bond donors (Lipinski definition) is 0. The largest absolute Gasteiger partial charge is 0.294 e. The summed E-state index contributed by atoms with van der Waals surface area (Å²) in [7, 11) is 0. The van der Waals surface area contributed by atoms with E-state index in [0.29, 0.717) is 12.3 Å². The molecule has 0 aliphatic rings. The van der Waals surface area contributed by atoms with Crippen LogP contribution in [0, 0.1) is 0 Å². The number of rotatable bonds is 4. The fraction of sp³-hybridized carbons (Fsp3) is 0.417. The van der Waals surface area contributed by atoms with Crippen molar-refractivity contribution >= 4 is 17.4 Å². The quantitative estimate of drug-likeness (QED) is 0.549. The van der Waals surface area contributed by atoms with E-state index in [1.165, 1.54) is 5.56 Å². The minimum atomic E-state index is 0.187. The maximum atomic E-state index is 11.5. The van der Waals surface area contributed by atoms with Gasteiger partial charge in [0.1, 0.15) is 0 Å². The Labute approximate surface area is 90.1 Å². The Hall–Kier alpha value is -0.820. The lowest BCUT2D eigenvalue weighted by Crippen LogP contribution is -1.99. The molecule has 1 aromatic carbocycles. The number of hydrogen-bond acceptors (Lipinski definition) is 1. The molecular weight excluding hydrogens is 196 g/mol. The Morgan fingerprint density at radius 2 is 1.86 bits per heavy atom. The Balaban J connectivity index is 3.10. The second kappa shape index (κ2) is 5.16. The Bertz CT molecular complexity index is 309. The van der Waals surface area contributed by atoms with Gasteiger partial charge in [0.15, 0.2) is 5.78 Å². The number of aryl methyl sites for hydroxylation is 1. The zero-order chi connectivity index (χ0) is 10.6. The van der Waals surface area contributed by atoms with Crippen molar-refractivity contribution in [1.29, 1.82) is 0 Å². The smallest absolute Gasteiger partial charge is 0.162 e. The van der Waals surface area contributed by atoms with Crippen LogP contribution in [0.4, 0.5) is 0 Å². The van der Waals surface area contributed by atoms with Gasteiger partial charge in [0.05, 0.1) is 0 Å². The molecule has 0 N–H and O–H groups in total. The lowest BCUT2D eigenvalue weighted by Gasteiger charge is -2.05. The molecule has 0 aliphatic carbocycles. The van der Waals surface area contributed by atoms with E-state index in [1.807, 2.05) is 19.1 Å². The van der Waals surface area contributed by atoms with Crippen LogP contribution < -0.4 is 0 Å². The van der Waals surface area contributed by atoms with Crippen LogP contribution >= 0.6 is 11.6 Å². The number of alkyl halides is 1. The van der Waals surface area contributed by atoms with Gasteiger partial charge >= 0.3 is 0 Å². The van der Waals surface area contributed by atoms with Crippen molar-refractivity contribution < 1.29 is 4.79 Å². The normalized spacial score (nSPS) is 10.2. The summed E-state index contributed by atoms with van der Waals surface area (Å²) >= 11 is 5.76. The minimum Gasteiger partial charge on any atom is -0.294 e. The first-order valence-electron chi connectivity index (χ1n) is 4.93. The van der Waals surface area contributed by atoms with Gasteiger partial charge in [0.25, 0.3) is 0 Å². The third-order valence-electron chi connectivity index (χ3n) is 2.26. The van der Waals surface area contributed by atoms with Crippen LogP contribution in [0.5, 0.6) is 0 Å². The molecule has 0 atom stereocenters. The van der Waals surface area contributed by atoms with Crippen molar-refractivity contribution in [3.63, 3.8) is 0 Å². The SMILES string of the molecule is CCC(=O)c1cc(CC)cc(CCl)c1. The summed E-state index contributed by atoms with van der Waals surface area (Å²) in [6, 6.07) is 5.90. The van der Waals surface area contributed by atoms with Crippen molar-refractivity contribution in [3.05, 3.63) is 34.9 Å². The highest BCUT2D eigenvalue weighted by molar-refractivity contribution is 6.17. The van der Waals surface area contributed by atoms with Crippen molar-refractivity contribution in [2.24, 2.45) is 0 Å². The highest BCUT2D eigenvalue weighted by Gasteiger charge is 2.05. The Morgan fingerprint density at radius 1 is 1.21 bits per heavy atom. The molecule has 0 spiro atoms. The summed E-state index contributed by atoms with van der Waals surface area (Å²) in [6.45, 7) is 3.95. The molecule has 1 aromatic rings. The zero-order valence-electron chi connectivity index (χ0n) is 8.64. The van der Waals surface area contributed by atoms with Crippen molar-refractivity contribution in [3.8, 4) is 0 Å². The molecule has 0 unspecified atom stereocenters. The molecule has 14 heavy (non-hydrogen) atoms. The summed E-state index contributed by atoms with van der Waals surface area (Å²) in [6.07, 6.45) is 1.49. The highest BCUT2D eigenvalue weighted by atomic mass is 35.5. The second-order valence-corrected chi connectivity index (χ2v) is 3.57. The maximum Gasteiger partial charge on any atom is 0.162 e. The van der Waals surface area contributed by atoms with Crippen LogP contribution in [0.2, 0.25) is 0 Å². The molecule has 1 nitrogen and oxygen atoms in total. The number of Topliss-reactive ketones (excluding diaryl/α,β-unsaturated/α-hetero) is 1. The molecule has 0 bridgehead atoms. The molecule has 0 saturated carbocycles. The highest BCUT2D eigenvalue weighted by Crippen LogP contribution is 2.14. The number of halogens is 1. The zero-order valence-corrected chi connectivity index (χ0v) is 9.40. The number of carbonyl (C=O) groups is 1. The van der Waals surface area contributed by atoms with Crippen molar-refractivity contribution in [2.75, 3.05) is 0 Å². The van der Waals surface area contributed by atoms with Crippen molar-refractivity contribution in [1.82, 2.24) is 0 Å². The first-order chi connectivity index (χ1) is 6.71. The van der Waals surface area contributed by atoms with Gasteiger partial charge in [0, 0.05) is 17.9 Å². The molecule has 2 heteroatoms. The van der Waals surface area contributed by atoms with E-state index in [-0.39, 0.29) is 5.78 Å². The third-order valence-corrected chi connectivity index (χ3v) is 2.57. The summed E-state index contributed by atoms with van der Waals surface area (Å²) < 4.78 is 0. The van der Waals surface area contributed by atoms with Crippen LogP contribution in [-0.4, -0.2) is 5.78 Å². The molecule has 0 amide bonds. The molecule has 0 aliphatic heterocycles. The average Bonchev–Trinajstić information content (AvgIpc) is 2.27. The second-order valence-electron chi connectivity index (χ2n) is 3.30. The van der Waals surface area contributed by atoms with Gasteiger partial charge in [-0.25, -0.2) is 0 Å². The lowest BCUT2D eigenvalue weighted by atomic mass is 10.0. The molecule has 0 aromatic heterocycles. The molecule has 0 fully saturated rings. The predicted molar refractivity (Wildman–Crippen MR) is 60.0 cm³/mol. The number of ketones is 1. The van der Waals surface area contributed by atoms with Gasteiger partial charge in [0.2, 0.25) is 0 Å². The van der Waals surface area contributed by atoms with Gasteiger partial charge in [-0.2, -0.15) is 0 Å². The van der Waals surface area contributed by atoms with E-state index in [4.69, 9.17) is 11.6 Å². The molecule has 76 valence electrons. The van der Waals surface area contributed by atoms with Crippen LogP contribution in [0.15, 0.2) is 18.2 Å². The Kier molecular flexibility index (Phi) is 4.15.